The molecule has 1 amide bonds. The van der Waals surface area contributed by atoms with E-state index in [1.54, 1.807) is 19.2 Å². The van der Waals surface area contributed by atoms with E-state index in [1.807, 2.05) is 30.3 Å². The number of halogens is 1. The zero-order chi connectivity index (χ0) is 21.1. The minimum absolute atomic E-state index is 0.0747. The van der Waals surface area contributed by atoms with E-state index in [4.69, 9.17) is 14.6 Å². The molecule has 0 spiro atoms. The maximum Gasteiger partial charge on any atom is 0.247 e. The van der Waals surface area contributed by atoms with Crippen LogP contribution in [0.25, 0.3) is 0 Å². The van der Waals surface area contributed by atoms with E-state index in [1.165, 1.54) is 5.56 Å². The average molecular weight is 469 g/mol. The lowest BCUT2D eigenvalue weighted by Gasteiger charge is -2.37. The first-order chi connectivity index (χ1) is 14.6. The van der Waals surface area contributed by atoms with E-state index < -0.39 is 0 Å². The fraction of sp³-hybridized carbons (Fsp3) is 0.333. The Hall–Kier alpha value is -2.60. The summed E-state index contributed by atoms with van der Waals surface area (Å²) in [6.45, 7) is 0.462. The highest BCUT2D eigenvalue weighted by Gasteiger charge is 2.40. The minimum atomic E-state index is -0.0880. The Morgan fingerprint density at radius 2 is 1.73 bits per heavy atom. The van der Waals surface area contributed by atoms with Gasteiger partial charge in [-0.05, 0) is 42.2 Å². The lowest BCUT2D eigenvalue weighted by molar-refractivity contribution is -0.138. The molecule has 2 unspecified atom stereocenters. The van der Waals surface area contributed by atoms with Crippen molar-refractivity contribution in [2.75, 3.05) is 14.2 Å². The minimum Gasteiger partial charge on any atom is -0.493 e. The van der Waals surface area contributed by atoms with Gasteiger partial charge in [0.05, 0.1) is 32.4 Å². The van der Waals surface area contributed by atoms with Crippen LogP contribution in [-0.4, -0.2) is 30.8 Å². The van der Waals surface area contributed by atoms with Crippen LogP contribution in [0.2, 0.25) is 0 Å². The molecule has 5 nitrogen and oxygen atoms in total. The van der Waals surface area contributed by atoms with E-state index in [9.17, 15) is 4.79 Å². The van der Waals surface area contributed by atoms with Crippen LogP contribution in [-0.2, 0) is 16.7 Å². The van der Waals surface area contributed by atoms with Gasteiger partial charge in [0.2, 0.25) is 5.91 Å². The van der Waals surface area contributed by atoms with Crippen molar-refractivity contribution in [1.82, 2.24) is 5.01 Å². The number of fused-ring (bicyclic) bond motifs is 1. The second-order valence-electron chi connectivity index (χ2n) is 7.56. The summed E-state index contributed by atoms with van der Waals surface area (Å²) in [5, 5.41) is 7.28. The monoisotopic (exact) mass is 468 g/mol. The molecule has 1 aliphatic heterocycles. The third-order valence-corrected chi connectivity index (χ3v) is 6.39. The van der Waals surface area contributed by atoms with Crippen LogP contribution in [0.3, 0.4) is 0 Å². The van der Waals surface area contributed by atoms with Crippen LogP contribution in [0.1, 0.15) is 29.5 Å². The summed E-state index contributed by atoms with van der Waals surface area (Å²) in [7, 11) is 3.25. The second-order valence-corrected chi connectivity index (χ2v) is 8.12. The summed E-state index contributed by atoms with van der Waals surface area (Å²) in [5.74, 6) is 1.42. The van der Waals surface area contributed by atoms with Crippen LogP contribution in [0.5, 0.6) is 11.5 Å². The van der Waals surface area contributed by atoms with Crippen LogP contribution in [0.15, 0.2) is 59.7 Å². The number of amides is 1. The maximum absolute atomic E-state index is 13.2. The Labute approximate surface area is 185 Å². The summed E-state index contributed by atoms with van der Waals surface area (Å²) in [6.07, 6.45) is 5.82. The first-order valence-electron chi connectivity index (χ1n) is 10.1. The molecule has 0 radical (unpaired) electrons. The Bertz CT molecular complexity index is 1000. The molecule has 2 aromatic rings. The molecule has 0 fully saturated rings. The van der Waals surface area contributed by atoms with Gasteiger partial charge in [-0.1, -0.05) is 52.3 Å². The molecule has 6 heteroatoms. The number of allylic oxidation sites excluding steroid dienone is 2. The molecule has 0 bridgehead atoms. The number of hydrazone groups is 1. The van der Waals surface area contributed by atoms with Gasteiger partial charge in [-0.3, -0.25) is 4.79 Å². The fourth-order valence-corrected chi connectivity index (χ4v) is 4.55. The lowest BCUT2D eigenvalue weighted by atomic mass is 9.76. The number of hydrogen-bond donors (Lipinski definition) is 0. The van der Waals surface area contributed by atoms with E-state index >= 15 is 0 Å². The summed E-state index contributed by atoms with van der Waals surface area (Å²) in [4.78, 5) is 13.2. The smallest absolute Gasteiger partial charge is 0.247 e. The third kappa shape index (κ3) is 4.01. The van der Waals surface area contributed by atoms with Crippen LogP contribution < -0.4 is 9.47 Å². The highest BCUT2D eigenvalue weighted by molar-refractivity contribution is 9.08. The molecule has 0 aromatic heterocycles. The number of carbonyl (C=O) groups is 1. The predicted molar refractivity (Wildman–Crippen MR) is 121 cm³/mol. The third-order valence-electron chi connectivity index (χ3n) is 5.74. The largest absolute Gasteiger partial charge is 0.493 e. The van der Waals surface area contributed by atoms with Crippen molar-refractivity contribution in [3.05, 3.63) is 71.3 Å². The highest BCUT2D eigenvalue weighted by Crippen LogP contribution is 2.37. The van der Waals surface area contributed by atoms with Gasteiger partial charge in [0.1, 0.15) is 0 Å². The average Bonchev–Trinajstić information content (AvgIpc) is 2.80. The number of carbonyl (C=O) groups excluding carboxylic acids is 1. The molecule has 4 rings (SSSR count). The number of rotatable bonds is 6. The van der Waals surface area contributed by atoms with Gasteiger partial charge < -0.3 is 9.47 Å². The Balaban J connectivity index is 1.73. The highest BCUT2D eigenvalue weighted by atomic mass is 79.9. The van der Waals surface area contributed by atoms with Crippen molar-refractivity contribution in [2.45, 2.75) is 24.7 Å². The topological polar surface area (TPSA) is 51.1 Å². The number of methoxy groups -OCH3 is 2. The van der Waals surface area contributed by atoms with Crippen LogP contribution in [0.4, 0.5) is 0 Å². The molecule has 30 heavy (non-hydrogen) atoms. The standard InChI is InChI=1S/C24H25BrN2O3/c1-29-21-11-10-18(13-22(21)30-2)23-19-8-3-4-9-20(19)24(28)27(26-23)15-17-7-5-6-16(12-17)14-25/h3-7,10-13,19-20H,8-9,14-15H2,1-2H3. The fourth-order valence-electron chi connectivity index (χ4n) is 4.20. The zero-order valence-electron chi connectivity index (χ0n) is 17.2. The second kappa shape index (κ2) is 9.04. The van der Waals surface area contributed by atoms with Crippen molar-refractivity contribution >= 4 is 27.5 Å². The molecule has 2 atom stereocenters. The molecule has 0 saturated heterocycles. The number of nitrogens with zero attached hydrogens (tertiary/aromatic N) is 2. The molecule has 1 heterocycles. The molecule has 0 N–H and O–H groups in total. The summed E-state index contributed by atoms with van der Waals surface area (Å²) < 4.78 is 10.9. The van der Waals surface area contributed by atoms with Crippen LogP contribution in [0, 0.1) is 11.8 Å². The van der Waals surface area contributed by atoms with E-state index in [0.717, 1.165) is 35.0 Å². The van der Waals surface area contributed by atoms with E-state index in [0.29, 0.717) is 18.0 Å². The molecule has 156 valence electrons. The number of benzene rings is 2. The predicted octanol–water partition coefficient (Wildman–Crippen LogP) is 4.93. The normalized spacial score (nSPS) is 20.6. The van der Waals surface area contributed by atoms with Gasteiger partial charge in [-0.2, -0.15) is 5.10 Å². The maximum atomic E-state index is 13.2. The summed E-state index contributed by atoms with van der Waals surface area (Å²) >= 11 is 3.50. The Morgan fingerprint density at radius 3 is 2.47 bits per heavy atom. The van der Waals surface area contributed by atoms with Crippen molar-refractivity contribution in [1.29, 1.82) is 0 Å². The Kier molecular flexibility index (Phi) is 6.23. The van der Waals surface area contributed by atoms with Gasteiger partial charge in [-0.25, -0.2) is 5.01 Å². The first-order valence-corrected chi connectivity index (χ1v) is 11.2. The number of ether oxygens (including phenoxy) is 2. The Morgan fingerprint density at radius 1 is 1.00 bits per heavy atom. The molecular weight excluding hydrogens is 444 g/mol. The summed E-state index contributed by atoms with van der Waals surface area (Å²) in [5.41, 5.74) is 4.14. The van der Waals surface area contributed by atoms with E-state index in [-0.39, 0.29) is 17.7 Å². The van der Waals surface area contributed by atoms with Gasteiger partial charge >= 0.3 is 0 Å². The molecule has 2 aromatic carbocycles. The van der Waals surface area contributed by atoms with Crippen molar-refractivity contribution in [3.8, 4) is 11.5 Å². The van der Waals surface area contributed by atoms with Gasteiger partial charge in [0.25, 0.3) is 0 Å². The molecular formula is C24H25BrN2O3. The van der Waals surface area contributed by atoms with Crippen molar-refractivity contribution < 1.29 is 14.3 Å². The SMILES string of the molecule is COc1ccc(C2=NN(Cc3cccc(CBr)c3)C(=O)C3CC=CCC23)cc1OC. The number of hydrogen-bond acceptors (Lipinski definition) is 4. The number of alkyl halides is 1. The van der Waals surface area contributed by atoms with Crippen LogP contribution >= 0.6 is 15.9 Å². The van der Waals surface area contributed by atoms with Gasteiger partial charge in [0.15, 0.2) is 11.5 Å². The van der Waals surface area contributed by atoms with Crippen molar-refractivity contribution in [2.24, 2.45) is 16.9 Å². The van der Waals surface area contributed by atoms with E-state index in [2.05, 4.69) is 40.2 Å². The van der Waals surface area contributed by atoms with Crippen molar-refractivity contribution in [3.63, 3.8) is 0 Å². The van der Waals surface area contributed by atoms with Gasteiger partial charge in [0, 0.05) is 16.8 Å². The molecule has 1 aliphatic carbocycles. The lowest BCUT2D eigenvalue weighted by Crippen LogP contribution is -2.45. The zero-order valence-corrected chi connectivity index (χ0v) is 18.8. The van der Waals surface area contributed by atoms with Gasteiger partial charge in [-0.15, -0.1) is 0 Å². The molecule has 2 aliphatic rings. The first kappa shape index (κ1) is 20.7. The molecule has 0 saturated carbocycles. The quantitative estimate of drug-likeness (QED) is 0.446. The summed E-state index contributed by atoms with van der Waals surface area (Å²) in [6, 6.07) is 14.1.